The number of hydrogen-bond acceptors (Lipinski definition) is 4. The molecule has 1 saturated heterocycles. The van der Waals surface area contributed by atoms with Gasteiger partial charge in [-0.25, -0.2) is 4.79 Å². The van der Waals surface area contributed by atoms with Gasteiger partial charge in [0.25, 0.3) is 0 Å². The molecule has 2 fully saturated rings. The van der Waals surface area contributed by atoms with Gasteiger partial charge in [0, 0.05) is 30.8 Å². The normalized spacial score (nSPS) is 20.9. The number of hydrogen-bond donors (Lipinski definition) is 2. The molecule has 0 unspecified atom stereocenters. The summed E-state index contributed by atoms with van der Waals surface area (Å²) in [6, 6.07) is 5.26. The van der Waals surface area contributed by atoms with Crippen molar-refractivity contribution in [3.63, 3.8) is 0 Å². The molecule has 0 bridgehead atoms. The second kappa shape index (κ2) is 8.97. The Morgan fingerprint density at radius 2 is 1.67 bits per heavy atom. The topological polar surface area (TPSA) is 79.9 Å². The van der Waals surface area contributed by atoms with E-state index in [9.17, 15) is 9.59 Å². The Morgan fingerprint density at radius 1 is 1.00 bits per heavy atom. The highest BCUT2D eigenvalue weighted by Crippen LogP contribution is 2.33. The Bertz CT molecular complexity index is 671. The lowest BCUT2D eigenvalue weighted by atomic mass is 10.1. The van der Waals surface area contributed by atoms with Gasteiger partial charge in [0.2, 0.25) is 5.91 Å². The highest BCUT2D eigenvalue weighted by Gasteiger charge is 2.32. The minimum Gasteiger partial charge on any atom is -0.493 e. The van der Waals surface area contributed by atoms with Crippen LogP contribution < -0.4 is 25.0 Å². The zero-order valence-corrected chi connectivity index (χ0v) is 16.1. The van der Waals surface area contributed by atoms with Crippen LogP contribution in [0.3, 0.4) is 0 Å². The smallest absolute Gasteiger partial charge is 0.315 e. The number of anilines is 1. The van der Waals surface area contributed by atoms with Crippen molar-refractivity contribution in [1.29, 1.82) is 0 Å². The molecule has 7 heteroatoms. The lowest BCUT2D eigenvalue weighted by Crippen LogP contribution is -2.47. The molecule has 1 aromatic rings. The number of urea groups is 1. The third-order valence-electron chi connectivity index (χ3n) is 5.33. The summed E-state index contributed by atoms with van der Waals surface area (Å²) < 4.78 is 10.6. The van der Waals surface area contributed by atoms with Gasteiger partial charge in [0.1, 0.15) is 0 Å². The highest BCUT2D eigenvalue weighted by molar-refractivity contribution is 5.97. The molecule has 0 radical (unpaired) electrons. The van der Waals surface area contributed by atoms with Crippen LogP contribution in [0.15, 0.2) is 18.2 Å². The van der Waals surface area contributed by atoms with E-state index in [2.05, 4.69) is 10.6 Å². The van der Waals surface area contributed by atoms with Gasteiger partial charge in [-0.3, -0.25) is 4.79 Å². The molecule has 1 aromatic carbocycles. The average molecular weight is 375 g/mol. The predicted octanol–water partition coefficient (Wildman–Crippen LogP) is 2.83. The molecule has 1 saturated carbocycles. The summed E-state index contributed by atoms with van der Waals surface area (Å²) in [6.07, 6.45) is 7.20. The molecule has 1 heterocycles. The van der Waals surface area contributed by atoms with Crippen LogP contribution in [0.1, 0.15) is 44.9 Å². The van der Waals surface area contributed by atoms with Crippen LogP contribution in [-0.4, -0.2) is 44.8 Å². The largest absolute Gasteiger partial charge is 0.493 e. The Kier molecular flexibility index (Phi) is 6.42. The lowest BCUT2D eigenvalue weighted by molar-refractivity contribution is -0.117. The Labute approximate surface area is 160 Å². The monoisotopic (exact) mass is 375 g/mol. The van der Waals surface area contributed by atoms with Crippen molar-refractivity contribution in [1.82, 2.24) is 10.6 Å². The van der Waals surface area contributed by atoms with Crippen molar-refractivity contribution in [2.24, 2.45) is 0 Å². The van der Waals surface area contributed by atoms with E-state index < -0.39 is 0 Å². The first-order valence-corrected chi connectivity index (χ1v) is 9.70. The Balaban J connectivity index is 1.57. The van der Waals surface area contributed by atoms with Crippen molar-refractivity contribution >= 4 is 17.6 Å². The molecule has 3 rings (SSSR count). The Morgan fingerprint density at radius 3 is 2.33 bits per heavy atom. The number of methoxy groups -OCH3 is 2. The van der Waals surface area contributed by atoms with E-state index in [0.29, 0.717) is 24.5 Å². The molecular weight excluding hydrogens is 346 g/mol. The first-order chi connectivity index (χ1) is 13.1. The summed E-state index contributed by atoms with van der Waals surface area (Å²) in [6.45, 7) is 0.451. The van der Waals surface area contributed by atoms with E-state index in [1.54, 1.807) is 31.3 Å². The van der Waals surface area contributed by atoms with Crippen LogP contribution >= 0.6 is 0 Å². The fourth-order valence-corrected chi connectivity index (χ4v) is 3.88. The van der Waals surface area contributed by atoms with Crippen molar-refractivity contribution in [3.05, 3.63) is 18.2 Å². The molecule has 27 heavy (non-hydrogen) atoms. The van der Waals surface area contributed by atoms with Crippen LogP contribution in [0.2, 0.25) is 0 Å². The van der Waals surface area contributed by atoms with E-state index in [1.807, 2.05) is 6.07 Å². The number of amides is 3. The fourth-order valence-electron chi connectivity index (χ4n) is 3.88. The maximum Gasteiger partial charge on any atom is 0.315 e. The molecule has 2 aliphatic rings. The number of carbonyl (C=O) groups is 2. The summed E-state index contributed by atoms with van der Waals surface area (Å²) in [7, 11) is 3.14. The van der Waals surface area contributed by atoms with Crippen molar-refractivity contribution in [2.75, 3.05) is 25.7 Å². The first kappa shape index (κ1) is 19.3. The fraction of sp³-hybridized carbons (Fsp3) is 0.600. The number of nitrogens with one attached hydrogen (secondary N) is 2. The minimum absolute atomic E-state index is 0.0120. The highest BCUT2D eigenvalue weighted by atomic mass is 16.5. The van der Waals surface area contributed by atoms with Crippen molar-refractivity contribution in [3.8, 4) is 11.5 Å². The molecule has 3 amide bonds. The number of rotatable bonds is 5. The second-order valence-corrected chi connectivity index (χ2v) is 7.25. The van der Waals surface area contributed by atoms with Crippen LogP contribution in [0, 0.1) is 0 Å². The summed E-state index contributed by atoms with van der Waals surface area (Å²) in [5, 5.41) is 6.03. The Hall–Kier alpha value is -2.44. The lowest BCUT2D eigenvalue weighted by Gasteiger charge is -2.20. The van der Waals surface area contributed by atoms with Gasteiger partial charge < -0.3 is 25.0 Å². The number of ether oxygens (including phenoxy) is 2. The van der Waals surface area contributed by atoms with Crippen LogP contribution in [-0.2, 0) is 4.79 Å². The molecule has 7 nitrogen and oxygen atoms in total. The first-order valence-electron chi connectivity index (χ1n) is 9.70. The maximum atomic E-state index is 12.4. The quantitative estimate of drug-likeness (QED) is 0.776. The van der Waals surface area contributed by atoms with Gasteiger partial charge in [-0.05, 0) is 25.0 Å². The van der Waals surface area contributed by atoms with Gasteiger partial charge in [-0.15, -0.1) is 0 Å². The van der Waals surface area contributed by atoms with E-state index in [1.165, 1.54) is 25.7 Å². The van der Waals surface area contributed by atoms with Gasteiger partial charge >= 0.3 is 6.03 Å². The molecule has 1 aliphatic heterocycles. The molecule has 1 aliphatic carbocycles. The summed E-state index contributed by atoms with van der Waals surface area (Å²) in [4.78, 5) is 26.4. The summed E-state index contributed by atoms with van der Waals surface area (Å²) in [5.74, 6) is 1.18. The third kappa shape index (κ3) is 4.84. The second-order valence-electron chi connectivity index (χ2n) is 7.25. The number of benzene rings is 1. The molecule has 0 aromatic heterocycles. The van der Waals surface area contributed by atoms with E-state index in [-0.39, 0.29) is 24.0 Å². The average Bonchev–Trinajstić information content (AvgIpc) is 2.85. The zero-order valence-electron chi connectivity index (χ0n) is 16.1. The molecule has 1 atom stereocenters. The van der Waals surface area contributed by atoms with Gasteiger partial charge in [-0.1, -0.05) is 25.7 Å². The molecule has 0 spiro atoms. The molecule has 148 valence electrons. The number of carbonyl (C=O) groups excluding carboxylic acids is 2. The minimum atomic E-state index is -0.198. The van der Waals surface area contributed by atoms with Gasteiger partial charge in [-0.2, -0.15) is 0 Å². The van der Waals surface area contributed by atoms with Gasteiger partial charge in [0.15, 0.2) is 11.5 Å². The SMILES string of the molecule is COc1ccc(N2C[C@H](NC(=O)NC3CCCCCC3)CC2=O)cc1OC. The van der Waals surface area contributed by atoms with E-state index in [0.717, 1.165) is 18.5 Å². The van der Waals surface area contributed by atoms with Crippen LogP contribution in [0.4, 0.5) is 10.5 Å². The van der Waals surface area contributed by atoms with Gasteiger partial charge in [0.05, 0.1) is 20.3 Å². The van der Waals surface area contributed by atoms with Crippen LogP contribution in [0.5, 0.6) is 11.5 Å². The van der Waals surface area contributed by atoms with Crippen molar-refractivity contribution < 1.29 is 19.1 Å². The molecule has 2 N–H and O–H groups in total. The number of nitrogens with zero attached hydrogens (tertiary/aromatic N) is 1. The van der Waals surface area contributed by atoms with E-state index >= 15 is 0 Å². The van der Waals surface area contributed by atoms with Crippen LogP contribution in [0.25, 0.3) is 0 Å². The standard InChI is InChI=1S/C20H29N3O4/c1-26-17-10-9-16(12-18(17)27-2)23-13-15(11-19(23)24)22-20(25)21-14-7-5-3-4-6-8-14/h9-10,12,14-15H,3-8,11,13H2,1-2H3,(H2,21,22,25)/t15-/m1/s1. The van der Waals surface area contributed by atoms with E-state index in [4.69, 9.17) is 9.47 Å². The zero-order chi connectivity index (χ0) is 19.2. The molecular formula is C20H29N3O4. The third-order valence-corrected chi connectivity index (χ3v) is 5.33. The summed E-state index contributed by atoms with van der Waals surface area (Å²) >= 11 is 0. The predicted molar refractivity (Wildman–Crippen MR) is 103 cm³/mol. The maximum absolute atomic E-state index is 12.4. The van der Waals surface area contributed by atoms with Crippen molar-refractivity contribution in [2.45, 2.75) is 57.0 Å². The summed E-state index contributed by atoms with van der Waals surface area (Å²) in [5.41, 5.74) is 0.742.